The summed E-state index contributed by atoms with van der Waals surface area (Å²) in [6.07, 6.45) is 0. The van der Waals surface area contributed by atoms with Gasteiger partial charge in [-0.25, -0.2) is 4.79 Å². The molecule has 0 amide bonds. The molecule has 0 bridgehead atoms. The third-order valence-corrected chi connectivity index (χ3v) is 2.78. The lowest BCUT2D eigenvalue weighted by molar-refractivity contribution is -0.146. The van der Waals surface area contributed by atoms with Crippen LogP contribution in [-0.2, 0) is 9.53 Å². The quantitative estimate of drug-likeness (QED) is 0.743. The summed E-state index contributed by atoms with van der Waals surface area (Å²) < 4.78 is 10.8. The molecule has 1 unspecified atom stereocenters. The van der Waals surface area contributed by atoms with E-state index in [1.54, 1.807) is 0 Å². The molecule has 1 aromatic carbocycles. The van der Waals surface area contributed by atoms with Crippen LogP contribution >= 0.6 is 0 Å². The second-order valence-corrected chi connectivity index (χ2v) is 4.96. The van der Waals surface area contributed by atoms with Crippen LogP contribution in [0.25, 0.3) is 0 Å². The maximum atomic E-state index is 12.2. The minimum absolute atomic E-state index is 0.264. The van der Waals surface area contributed by atoms with Gasteiger partial charge in [0.15, 0.2) is 0 Å². The molecule has 0 heterocycles. The molecule has 0 aliphatic carbocycles. The third kappa shape index (κ3) is 4.85. The molecule has 0 saturated carbocycles. The zero-order chi connectivity index (χ0) is 15.0. The van der Waals surface area contributed by atoms with Crippen LogP contribution in [0, 0.1) is 5.92 Å². The molecule has 0 aliphatic rings. The monoisotopic (exact) mass is 279 g/mol. The van der Waals surface area contributed by atoms with Crippen LogP contribution < -0.4 is 10.1 Å². The molecule has 1 aromatic rings. The zero-order valence-corrected chi connectivity index (χ0v) is 12.8. The predicted octanol–water partition coefficient (Wildman–Crippen LogP) is 2.94. The number of nitrogens with one attached hydrogen (secondary N) is 1. The highest BCUT2D eigenvalue weighted by Crippen LogP contribution is 2.26. The third-order valence-electron chi connectivity index (χ3n) is 2.78. The van der Waals surface area contributed by atoms with Gasteiger partial charge in [-0.15, -0.1) is 0 Å². The number of rotatable bonds is 8. The fourth-order valence-electron chi connectivity index (χ4n) is 1.91. The first-order valence-electron chi connectivity index (χ1n) is 7.21. The van der Waals surface area contributed by atoms with Crippen molar-refractivity contribution >= 4 is 5.97 Å². The average molecular weight is 279 g/mol. The van der Waals surface area contributed by atoms with E-state index in [2.05, 4.69) is 19.2 Å². The first kappa shape index (κ1) is 16.5. The van der Waals surface area contributed by atoms with Crippen molar-refractivity contribution in [2.45, 2.75) is 33.7 Å². The van der Waals surface area contributed by atoms with Crippen molar-refractivity contribution in [1.29, 1.82) is 0 Å². The summed E-state index contributed by atoms with van der Waals surface area (Å²) in [6.45, 7) is 9.62. The minimum Gasteiger partial charge on any atom is -0.494 e. The van der Waals surface area contributed by atoms with Crippen molar-refractivity contribution in [2.24, 2.45) is 5.92 Å². The first-order chi connectivity index (χ1) is 9.60. The molecule has 0 fully saturated rings. The lowest BCUT2D eigenvalue weighted by Gasteiger charge is -2.21. The number of carbonyl (C=O) groups excluding carboxylic acids is 1. The van der Waals surface area contributed by atoms with Gasteiger partial charge in [-0.1, -0.05) is 32.0 Å². The SMILES string of the molecule is CCOC(=O)C(NCC(C)C)c1ccccc1OCC. The van der Waals surface area contributed by atoms with E-state index in [-0.39, 0.29) is 5.97 Å². The molecule has 0 aliphatic heterocycles. The highest BCUT2D eigenvalue weighted by atomic mass is 16.5. The van der Waals surface area contributed by atoms with Gasteiger partial charge in [0.25, 0.3) is 0 Å². The highest BCUT2D eigenvalue weighted by molar-refractivity contribution is 5.78. The van der Waals surface area contributed by atoms with Gasteiger partial charge in [-0.05, 0) is 32.4 Å². The molecule has 20 heavy (non-hydrogen) atoms. The van der Waals surface area contributed by atoms with Crippen LogP contribution in [0.15, 0.2) is 24.3 Å². The van der Waals surface area contributed by atoms with Gasteiger partial charge in [0, 0.05) is 5.56 Å². The fraction of sp³-hybridized carbons (Fsp3) is 0.562. The second kappa shape index (κ2) is 8.59. The van der Waals surface area contributed by atoms with Crippen LogP contribution in [0.3, 0.4) is 0 Å². The molecule has 0 saturated heterocycles. The number of hydrogen-bond acceptors (Lipinski definition) is 4. The van der Waals surface area contributed by atoms with E-state index in [1.165, 1.54) is 0 Å². The Morgan fingerprint density at radius 2 is 1.90 bits per heavy atom. The van der Waals surface area contributed by atoms with E-state index < -0.39 is 6.04 Å². The summed E-state index contributed by atoms with van der Waals surface area (Å²) in [5.74, 6) is 0.913. The van der Waals surface area contributed by atoms with E-state index in [0.29, 0.717) is 19.1 Å². The Morgan fingerprint density at radius 3 is 2.50 bits per heavy atom. The Morgan fingerprint density at radius 1 is 1.20 bits per heavy atom. The zero-order valence-electron chi connectivity index (χ0n) is 12.8. The van der Waals surface area contributed by atoms with Crippen LogP contribution in [0.2, 0.25) is 0 Å². The van der Waals surface area contributed by atoms with Crippen molar-refractivity contribution in [3.8, 4) is 5.75 Å². The number of hydrogen-bond donors (Lipinski definition) is 1. The van der Waals surface area contributed by atoms with Crippen LogP contribution in [0.1, 0.15) is 39.3 Å². The number of para-hydroxylation sites is 1. The summed E-state index contributed by atoms with van der Waals surface area (Å²) in [5.41, 5.74) is 0.827. The smallest absolute Gasteiger partial charge is 0.327 e. The van der Waals surface area contributed by atoms with Crippen LogP contribution in [0.4, 0.5) is 0 Å². The maximum Gasteiger partial charge on any atom is 0.327 e. The van der Waals surface area contributed by atoms with Crippen molar-refractivity contribution in [3.63, 3.8) is 0 Å². The van der Waals surface area contributed by atoms with Crippen molar-refractivity contribution in [3.05, 3.63) is 29.8 Å². The van der Waals surface area contributed by atoms with E-state index in [4.69, 9.17) is 9.47 Å². The van der Waals surface area contributed by atoms with Gasteiger partial charge in [-0.2, -0.15) is 0 Å². The Labute approximate surface area is 121 Å². The fourth-order valence-corrected chi connectivity index (χ4v) is 1.91. The Balaban J connectivity index is 2.99. The molecule has 0 radical (unpaired) electrons. The van der Waals surface area contributed by atoms with Crippen LogP contribution in [-0.4, -0.2) is 25.7 Å². The molecule has 1 atom stereocenters. The first-order valence-corrected chi connectivity index (χ1v) is 7.21. The molecule has 1 N–H and O–H groups in total. The average Bonchev–Trinajstić information content (AvgIpc) is 2.41. The molecule has 4 heteroatoms. The van der Waals surface area contributed by atoms with Gasteiger partial charge in [0.05, 0.1) is 13.2 Å². The Bertz CT molecular complexity index is 418. The van der Waals surface area contributed by atoms with E-state index >= 15 is 0 Å². The largest absolute Gasteiger partial charge is 0.494 e. The number of carbonyl (C=O) groups is 1. The standard InChI is InChI=1S/C16H25NO3/c1-5-19-14-10-8-7-9-13(14)15(16(18)20-6-2)17-11-12(3)4/h7-10,12,15,17H,5-6,11H2,1-4H3. The van der Waals surface area contributed by atoms with Crippen molar-refractivity contribution < 1.29 is 14.3 Å². The molecular weight excluding hydrogens is 254 g/mol. The lowest BCUT2D eigenvalue weighted by Crippen LogP contribution is -2.33. The molecule has 0 spiro atoms. The molecule has 1 rings (SSSR count). The molecule has 4 nitrogen and oxygen atoms in total. The van der Waals surface area contributed by atoms with Gasteiger partial charge < -0.3 is 14.8 Å². The number of ether oxygens (including phenoxy) is 2. The Kier molecular flexibility index (Phi) is 7.09. The van der Waals surface area contributed by atoms with E-state index in [0.717, 1.165) is 17.9 Å². The highest BCUT2D eigenvalue weighted by Gasteiger charge is 2.24. The summed E-state index contributed by atoms with van der Waals surface area (Å²) in [4.78, 5) is 12.2. The summed E-state index contributed by atoms with van der Waals surface area (Å²) in [7, 11) is 0. The minimum atomic E-state index is -0.486. The predicted molar refractivity (Wildman–Crippen MR) is 79.8 cm³/mol. The summed E-state index contributed by atoms with van der Waals surface area (Å²) >= 11 is 0. The van der Waals surface area contributed by atoms with E-state index in [1.807, 2.05) is 38.1 Å². The maximum absolute atomic E-state index is 12.2. The lowest BCUT2D eigenvalue weighted by atomic mass is 10.0. The van der Waals surface area contributed by atoms with E-state index in [9.17, 15) is 4.79 Å². The second-order valence-electron chi connectivity index (χ2n) is 4.96. The van der Waals surface area contributed by atoms with Crippen LogP contribution in [0.5, 0.6) is 5.75 Å². The molecular formula is C16H25NO3. The summed E-state index contributed by atoms with van der Waals surface area (Å²) in [6, 6.07) is 7.10. The number of benzene rings is 1. The topological polar surface area (TPSA) is 47.6 Å². The van der Waals surface area contributed by atoms with Gasteiger partial charge in [0.1, 0.15) is 11.8 Å². The number of esters is 1. The molecule has 112 valence electrons. The van der Waals surface area contributed by atoms with Gasteiger partial charge in [0.2, 0.25) is 0 Å². The van der Waals surface area contributed by atoms with Crippen molar-refractivity contribution in [2.75, 3.05) is 19.8 Å². The summed E-state index contributed by atoms with van der Waals surface area (Å²) in [5, 5.41) is 3.26. The van der Waals surface area contributed by atoms with Crippen molar-refractivity contribution in [1.82, 2.24) is 5.32 Å². The Hall–Kier alpha value is -1.55. The van der Waals surface area contributed by atoms with Gasteiger partial charge >= 0.3 is 5.97 Å². The van der Waals surface area contributed by atoms with Gasteiger partial charge in [-0.3, -0.25) is 0 Å². The molecule has 0 aromatic heterocycles. The normalized spacial score (nSPS) is 12.2.